The van der Waals surface area contributed by atoms with Gasteiger partial charge in [0.05, 0.1) is 13.2 Å². The number of rotatable bonds is 2. The first-order chi connectivity index (χ1) is 3.69. The van der Waals surface area contributed by atoms with Crippen molar-refractivity contribution in [3.05, 3.63) is 0 Å². The highest BCUT2D eigenvalue weighted by Gasteiger charge is 2.45. The summed E-state index contributed by atoms with van der Waals surface area (Å²) in [4.78, 5) is 10.6. The lowest BCUT2D eigenvalue weighted by Crippen LogP contribution is -2.28. The third kappa shape index (κ3) is 0.743. The smallest absolute Gasteiger partial charge is 0.180 e. The fourth-order valence-electron chi connectivity index (χ4n) is 0.485. The average molecular weight is 115 g/mol. The number of carbonyl (C=O) groups is 1. The molecule has 0 radical (unpaired) electrons. The maximum atomic E-state index is 10.6. The van der Waals surface area contributed by atoms with Crippen molar-refractivity contribution in [3.8, 4) is 0 Å². The molecule has 0 saturated carbocycles. The van der Waals surface area contributed by atoms with Crippen LogP contribution in [0.15, 0.2) is 0 Å². The van der Waals surface area contributed by atoms with Crippen LogP contribution in [0.5, 0.6) is 0 Å². The predicted octanol–water partition coefficient (Wildman–Crippen LogP) is -0.697. The van der Waals surface area contributed by atoms with E-state index < -0.39 is 5.60 Å². The van der Waals surface area contributed by atoms with E-state index in [9.17, 15) is 4.79 Å². The van der Waals surface area contributed by atoms with Crippen LogP contribution in [-0.4, -0.2) is 24.5 Å². The first-order valence-electron chi connectivity index (χ1n) is 2.56. The normalized spacial score (nSPS) is 34.8. The summed E-state index contributed by atoms with van der Waals surface area (Å²) in [5.74, 6) is -0.00231. The summed E-state index contributed by atoms with van der Waals surface area (Å²) >= 11 is 0. The quantitative estimate of drug-likeness (QED) is 0.484. The van der Waals surface area contributed by atoms with Gasteiger partial charge in [0.2, 0.25) is 0 Å². The van der Waals surface area contributed by atoms with E-state index in [2.05, 4.69) is 0 Å². The molecule has 3 nitrogen and oxygen atoms in total. The number of ketones is 1. The van der Waals surface area contributed by atoms with Gasteiger partial charge in [-0.05, 0) is 6.92 Å². The lowest BCUT2D eigenvalue weighted by atomic mass is 10.1. The lowest BCUT2D eigenvalue weighted by molar-refractivity contribution is -0.122. The zero-order valence-electron chi connectivity index (χ0n) is 4.81. The molecule has 0 unspecified atom stereocenters. The van der Waals surface area contributed by atoms with Crippen molar-refractivity contribution in [2.45, 2.75) is 12.5 Å². The summed E-state index contributed by atoms with van der Waals surface area (Å²) < 4.78 is 4.82. The highest BCUT2D eigenvalue weighted by Crippen LogP contribution is 2.25. The third-order valence-corrected chi connectivity index (χ3v) is 1.35. The summed E-state index contributed by atoms with van der Waals surface area (Å²) in [6.07, 6.45) is 0. The second-order valence-electron chi connectivity index (χ2n) is 2.15. The van der Waals surface area contributed by atoms with Crippen LogP contribution in [0.1, 0.15) is 6.92 Å². The Hall–Kier alpha value is -0.410. The second-order valence-corrected chi connectivity index (χ2v) is 2.15. The van der Waals surface area contributed by atoms with Gasteiger partial charge in [0.1, 0.15) is 5.60 Å². The zero-order chi connectivity index (χ0) is 6.20. The molecule has 0 spiro atoms. The molecule has 0 bridgehead atoms. The highest BCUT2D eigenvalue weighted by atomic mass is 16.6. The van der Waals surface area contributed by atoms with Gasteiger partial charge >= 0.3 is 0 Å². The SMILES string of the molecule is C[C@]1(C(=O)CN)CO1. The van der Waals surface area contributed by atoms with Gasteiger partial charge in [0.25, 0.3) is 0 Å². The Morgan fingerprint density at radius 1 is 2.00 bits per heavy atom. The van der Waals surface area contributed by atoms with Crippen molar-refractivity contribution in [2.75, 3.05) is 13.2 Å². The van der Waals surface area contributed by atoms with E-state index in [1.807, 2.05) is 0 Å². The molecule has 1 atom stereocenters. The Kier molecular flexibility index (Phi) is 1.10. The zero-order valence-corrected chi connectivity index (χ0v) is 4.81. The van der Waals surface area contributed by atoms with Gasteiger partial charge < -0.3 is 10.5 Å². The van der Waals surface area contributed by atoms with Crippen molar-refractivity contribution < 1.29 is 9.53 Å². The number of Topliss-reactive ketones (excluding diaryl/α,β-unsaturated/α-hetero) is 1. The van der Waals surface area contributed by atoms with Gasteiger partial charge in [-0.2, -0.15) is 0 Å². The van der Waals surface area contributed by atoms with Crippen LogP contribution in [0, 0.1) is 0 Å². The molecular formula is C5H9NO2. The molecule has 2 N–H and O–H groups in total. The highest BCUT2D eigenvalue weighted by molar-refractivity contribution is 5.90. The Bertz CT molecular complexity index is 118. The summed E-state index contributed by atoms with van der Waals surface area (Å²) in [6.45, 7) is 2.39. The van der Waals surface area contributed by atoms with E-state index >= 15 is 0 Å². The maximum Gasteiger partial charge on any atom is 0.180 e. The molecule has 0 amide bonds. The summed E-state index contributed by atoms with van der Waals surface area (Å²) in [5.41, 5.74) is 4.56. The number of ether oxygens (including phenoxy) is 1. The molecule has 0 aromatic carbocycles. The fraction of sp³-hybridized carbons (Fsp3) is 0.800. The first kappa shape index (κ1) is 5.72. The van der Waals surface area contributed by atoms with Gasteiger partial charge in [-0.3, -0.25) is 4.79 Å². The molecule has 0 aromatic rings. The molecule has 1 heterocycles. The Labute approximate surface area is 47.8 Å². The van der Waals surface area contributed by atoms with Gasteiger partial charge in [0.15, 0.2) is 5.78 Å². The van der Waals surface area contributed by atoms with Crippen LogP contribution in [0.2, 0.25) is 0 Å². The van der Waals surface area contributed by atoms with Crippen molar-refractivity contribution in [1.29, 1.82) is 0 Å². The molecular weight excluding hydrogens is 106 g/mol. The number of hydrogen-bond acceptors (Lipinski definition) is 3. The van der Waals surface area contributed by atoms with Crippen molar-refractivity contribution in [3.63, 3.8) is 0 Å². The molecule has 0 aliphatic carbocycles. The molecule has 1 saturated heterocycles. The van der Waals surface area contributed by atoms with Crippen LogP contribution in [0.4, 0.5) is 0 Å². The van der Waals surface area contributed by atoms with E-state index in [0.717, 1.165) is 0 Å². The molecule has 1 rings (SSSR count). The van der Waals surface area contributed by atoms with E-state index in [-0.39, 0.29) is 12.3 Å². The minimum Gasteiger partial charge on any atom is -0.362 e. The standard InChI is InChI=1S/C5H9NO2/c1-5(3-8-5)4(7)2-6/h2-3,6H2,1H3/t5-/m1/s1. The molecule has 1 aliphatic rings. The van der Waals surface area contributed by atoms with E-state index in [0.29, 0.717) is 6.61 Å². The molecule has 0 aromatic heterocycles. The Morgan fingerprint density at radius 3 is 2.62 bits per heavy atom. The van der Waals surface area contributed by atoms with Crippen LogP contribution in [0.3, 0.4) is 0 Å². The van der Waals surface area contributed by atoms with Gasteiger partial charge in [-0.1, -0.05) is 0 Å². The Balaban J connectivity index is 2.46. The van der Waals surface area contributed by atoms with E-state index in [4.69, 9.17) is 10.5 Å². The molecule has 3 heteroatoms. The minimum absolute atomic E-state index is 0.00231. The van der Waals surface area contributed by atoms with Crippen LogP contribution in [-0.2, 0) is 9.53 Å². The van der Waals surface area contributed by atoms with E-state index in [1.165, 1.54) is 0 Å². The predicted molar refractivity (Wildman–Crippen MR) is 28.4 cm³/mol. The van der Waals surface area contributed by atoms with Crippen molar-refractivity contribution >= 4 is 5.78 Å². The number of hydrogen-bond donors (Lipinski definition) is 1. The number of epoxide rings is 1. The third-order valence-electron chi connectivity index (χ3n) is 1.35. The van der Waals surface area contributed by atoms with Crippen LogP contribution in [0.25, 0.3) is 0 Å². The van der Waals surface area contributed by atoms with Gasteiger partial charge in [-0.15, -0.1) is 0 Å². The molecule has 46 valence electrons. The lowest BCUT2D eigenvalue weighted by Gasteiger charge is -1.97. The molecule has 1 fully saturated rings. The maximum absolute atomic E-state index is 10.6. The average Bonchev–Trinajstić information content (AvgIpc) is 2.47. The van der Waals surface area contributed by atoms with E-state index in [1.54, 1.807) is 6.92 Å². The van der Waals surface area contributed by atoms with Crippen LogP contribution >= 0.6 is 0 Å². The van der Waals surface area contributed by atoms with Gasteiger partial charge in [-0.25, -0.2) is 0 Å². The van der Waals surface area contributed by atoms with Crippen molar-refractivity contribution in [1.82, 2.24) is 0 Å². The summed E-state index contributed by atoms with van der Waals surface area (Å²) in [5, 5.41) is 0. The number of nitrogens with two attached hydrogens (primary N) is 1. The topological polar surface area (TPSA) is 55.6 Å². The second kappa shape index (κ2) is 1.53. The monoisotopic (exact) mass is 115 g/mol. The molecule has 1 aliphatic heterocycles. The molecule has 8 heavy (non-hydrogen) atoms. The number of carbonyl (C=O) groups excluding carboxylic acids is 1. The summed E-state index contributed by atoms with van der Waals surface area (Å²) in [7, 11) is 0. The van der Waals surface area contributed by atoms with Gasteiger partial charge in [0, 0.05) is 0 Å². The minimum atomic E-state index is -0.505. The van der Waals surface area contributed by atoms with Crippen LogP contribution < -0.4 is 5.73 Å². The first-order valence-corrected chi connectivity index (χ1v) is 2.56. The largest absolute Gasteiger partial charge is 0.362 e. The summed E-state index contributed by atoms with van der Waals surface area (Å²) in [6, 6.07) is 0. The fourth-order valence-corrected chi connectivity index (χ4v) is 0.485. The van der Waals surface area contributed by atoms with Crippen molar-refractivity contribution in [2.24, 2.45) is 5.73 Å². The Morgan fingerprint density at radius 2 is 2.50 bits per heavy atom.